The molecule has 1 N–H and O–H groups in total. The molecule has 0 saturated heterocycles. The van der Waals surface area contributed by atoms with Crippen LogP contribution in [0.25, 0.3) is 0 Å². The van der Waals surface area contributed by atoms with E-state index in [2.05, 4.69) is 32.6 Å². The summed E-state index contributed by atoms with van der Waals surface area (Å²) in [5.74, 6) is 0.176. The fourth-order valence-corrected chi connectivity index (χ4v) is 5.26. The predicted octanol–water partition coefficient (Wildman–Crippen LogP) is 8.50. The van der Waals surface area contributed by atoms with Crippen molar-refractivity contribution in [1.29, 1.82) is 0 Å². The number of unbranched alkanes of at least 4 members (excludes halogenated alkanes) is 14. The lowest BCUT2D eigenvalue weighted by molar-refractivity contribution is -0.136. The summed E-state index contributed by atoms with van der Waals surface area (Å²) < 4.78 is 18.2. The Morgan fingerprint density at radius 3 is 1.57 bits per heavy atom. The van der Waals surface area contributed by atoms with Gasteiger partial charge in [0.2, 0.25) is 0 Å². The fourth-order valence-electron chi connectivity index (χ4n) is 5.26. The highest BCUT2D eigenvalue weighted by Crippen LogP contribution is 2.30. The summed E-state index contributed by atoms with van der Waals surface area (Å²) in [6.45, 7) is 12.1. The summed E-state index contributed by atoms with van der Waals surface area (Å²) in [5.41, 5.74) is 0.534. The van der Waals surface area contributed by atoms with Gasteiger partial charge in [0.15, 0.2) is 12.5 Å². The number of aldehydes is 1. The number of ether oxygens (including phenoxy) is 3. The van der Waals surface area contributed by atoms with Crippen molar-refractivity contribution in [2.24, 2.45) is 0 Å². The normalized spacial score (nSPS) is 11.9. The van der Waals surface area contributed by atoms with Gasteiger partial charge >= 0.3 is 5.97 Å². The molecule has 1 unspecified atom stereocenters. The van der Waals surface area contributed by atoms with Crippen molar-refractivity contribution in [2.75, 3.05) is 50.9 Å². The van der Waals surface area contributed by atoms with E-state index in [-0.39, 0.29) is 6.54 Å². The maximum atomic E-state index is 12.2. The quantitative estimate of drug-likeness (QED) is 0.0502. The minimum absolute atomic E-state index is 0.317. The minimum Gasteiger partial charge on any atom is -0.493 e. The molecule has 8 nitrogen and oxygen atoms in total. The number of carboxylic acid groups (broad SMARTS) is 1. The van der Waals surface area contributed by atoms with Gasteiger partial charge in [-0.2, -0.15) is 0 Å². The number of benzene rings is 1. The van der Waals surface area contributed by atoms with Crippen LogP contribution < -0.4 is 14.4 Å². The van der Waals surface area contributed by atoms with Crippen LogP contribution in [0.4, 0.5) is 5.69 Å². The molecule has 1 rings (SSSR count). The Morgan fingerprint density at radius 1 is 0.705 bits per heavy atom. The van der Waals surface area contributed by atoms with Crippen LogP contribution in [0.2, 0.25) is 0 Å². The van der Waals surface area contributed by atoms with Crippen molar-refractivity contribution in [3.63, 3.8) is 0 Å². The number of hydrogen-bond donors (Lipinski definition) is 1. The molecule has 0 aliphatic carbocycles. The SMILES string of the molecule is CCCCCCCCCCOc1cc(OCCCCCCCCCC)cc(N(CC(=O)O)C(C=O)OCCN(CC)CC)c1. The van der Waals surface area contributed by atoms with E-state index < -0.39 is 12.2 Å². The number of anilines is 1. The van der Waals surface area contributed by atoms with E-state index in [0.717, 1.165) is 38.8 Å². The van der Waals surface area contributed by atoms with Gasteiger partial charge in [-0.3, -0.25) is 9.59 Å². The number of aliphatic carboxylic acids is 1. The summed E-state index contributed by atoms with van der Waals surface area (Å²) in [6.07, 6.45) is 19.1. The molecule has 0 aliphatic rings. The zero-order valence-electron chi connectivity index (χ0n) is 28.5. The number of hydrogen-bond acceptors (Lipinski definition) is 7. The Balaban J connectivity index is 2.91. The van der Waals surface area contributed by atoms with Gasteiger partial charge in [-0.25, -0.2) is 0 Å². The Kier molecular flexibility index (Phi) is 24.4. The summed E-state index contributed by atoms with van der Waals surface area (Å²) >= 11 is 0. The van der Waals surface area contributed by atoms with E-state index in [9.17, 15) is 14.7 Å². The number of likely N-dealkylation sites (N-methyl/N-ethyl adjacent to an activating group) is 1. The molecule has 0 radical (unpaired) electrons. The molecular formula is C36H64N2O6. The van der Waals surface area contributed by atoms with E-state index in [1.807, 2.05) is 6.07 Å². The third kappa shape index (κ3) is 19.1. The summed E-state index contributed by atoms with van der Waals surface area (Å²) in [4.78, 5) is 27.7. The highest BCUT2D eigenvalue weighted by Gasteiger charge is 2.23. The molecule has 1 aromatic rings. The smallest absolute Gasteiger partial charge is 0.323 e. The number of nitrogens with zero attached hydrogens (tertiary/aromatic N) is 2. The molecule has 8 heteroatoms. The maximum Gasteiger partial charge on any atom is 0.323 e. The average molecular weight is 621 g/mol. The molecule has 0 amide bonds. The molecule has 0 bridgehead atoms. The first-order valence-corrected chi connectivity index (χ1v) is 17.7. The summed E-state index contributed by atoms with van der Waals surface area (Å²) in [6, 6.07) is 5.46. The molecular weight excluding hydrogens is 556 g/mol. The van der Waals surface area contributed by atoms with Crippen LogP contribution in [-0.4, -0.2) is 74.5 Å². The summed E-state index contributed by atoms with van der Waals surface area (Å²) in [5, 5.41) is 9.72. The third-order valence-electron chi connectivity index (χ3n) is 8.05. The monoisotopic (exact) mass is 620 g/mol. The Hall–Kier alpha value is -2.32. The van der Waals surface area contributed by atoms with Crippen molar-refractivity contribution >= 4 is 17.9 Å². The van der Waals surface area contributed by atoms with Crippen molar-refractivity contribution in [2.45, 2.75) is 137 Å². The largest absolute Gasteiger partial charge is 0.493 e. The highest BCUT2D eigenvalue weighted by molar-refractivity contribution is 5.77. The first-order valence-electron chi connectivity index (χ1n) is 17.7. The summed E-state index contributed by atoms with van der Waals surface area (Å²) in [7, 11) is 0. The molecule has 0 aliphatic heterocycles. The molecule has 254 valence electrons. The van der Waals surface area contributed by atoms with Crippen LogP contribution in [-0.2, 0) is 14.3 Å². The van der Waals surface area contributed by atoms with E-state index in [1.165, 1.54) is 81.9 Å². The van der Waals surface area contributed by atoms with Gasteiger partial charge in [-0.15, -0.1) is 0 Å². The van der Waals surface area contributed by atoms with Gasteiger partial charge in [-0.1, -0.05) is 118 Å². The average Bonchev–Trinajstić information content (AvgIpc) is 3.02. The first-order chi connectivity index (χ1) is 21.5. The van der Waals surface area contributed by atoms with Crippen LogP contribution in [0, 0.1) is 0 Å². The molecule has 1 aromatic carbocycles. The van der Waals surface area contributed by atoms with E-state index >= 15 is 0 Å². The first kappa shape index (κ1) is 39.7. The van der Waals surface area contributed by atoms with E-state index in [1.54, 1.807) is 12.1 Å². The molecule has 44 heavy (non-hydrogen) atoms. The van der Waals surface area contributed by atoms with Crippen molar-refractivity contribution < 1.29 is 28.9 Å². The Bertz CT molecular complexity index is 808. The number of carboxylic acids is 1. The van der Waals surface area contributed by atoms with Crippen LogP contribution in [0.1, 0.15) is 130 Å². The molecule has 0 heterocycles. The number of carbonyl (C=O) groups excluding carboxylic acids is 1. The van der Waals surface area contributed by atoms with Gasteiger partial charge in [0.1, 0.15) is 18.0 Å². The van der Waals surface area contributed by atoms with Crippen molar-refractivity contribution in [1.82, 2.24) is 4.90 Å². The van der Waals surface area contributed by atoms with Crippen LogP contribution >= 0.6 is 0 Å². The second kappa shape index (κ2) is 27.0. The van der Waals surface area contributed by atoms with Gasteiger partial charge in [0, 0.05) is 30.4 Å². The zero-order valence-corrected chi connectivity index (χ0v) is 28.5. The standard InChI is InChI=1S/C36H64N2O6/c1-5-9-11-13-15-17-19-21-24-42-33-27-32(28-34(29-33)43-25-22-20-18-16-14-12-10-6-2)38(30-36(40)41)35(31-39)44-26-23-37(7-3)8-4/h27-29,31,35H,5-26,30H2,1-4H3,(H,40,41). The fraction of sp³-hybridized carbons (Fsp3) is 0.778. The molecule has 0 spiro atoms. The molecule has 1 atom stereocenters. The van der Waals surface area contributed by atoms with E-state index in [4.69, 9.17) is 14.2 Å². The molecule has 0 fully saturated rings. The Labute approximate surface area is 268 Å². The third-order valence-corrected chi connectivity index (χ3v) is 8.05. The lowest BCUT2D eigenvalue weighted by atomic mass is 10.1. The second-order valence-electron chi connectivity index (χ2n) is 11.8. The van der Waals surface area contributed by atoms with Gasteiger partial charge in [0.25, 0.3) is 0 Å². The highest BCUT2D eigenvalue weighted by atomic mass is 16.5. The lowest BCUT2D eigenvalue weighted by Crippen LogP contribution is -2.43. The number of rotatable bonds is 31. The predicted molar refractivity (Wildman–Crippen MR) is 181 cm³/mol. The van der Waals surface area contributed by atoms with Gasteiger partial charge < -0.3 is 29.1 Å². The lowest BCUT2D eigenvalue weighted by Gasteiger charge is -2.30. The topological polar surface area (TPSA) is 88.5 Å². The van der Waals surface area contributed by atoms with E-state index in [0.29, 0.717) is 49.8 Å². The minimum atomic E-state index is -1.05. The van der Waals surface area contributed by atoms with Crippen LogP contribution in [0.3, 0.4) is 0 Å². The second-order valence-corrected chi connectivity index (χ2v) is 11.8. The number of carbonyl (C=O) groups is 2. The Morgan fingerprint density at radius 2 is 1.16 bits per heavy atom. The van der Waals surface area contributed by atoms with Crippen molar-refractivity contribution in [3.05, 3.63) is 18.2 Å². The van der Waals surface area contributed by atoms with Crippen LogP contribution in [0.15, 0.2) is 18.2 Å². The van der Waals surface area contributed by atoms with Crippen molar-refractivity contribution in [3.8, 4) is 11.5 Å². The maximum absolute atomic E-state index is 12.2. The molecule has 0 saturated carbocycles. The zero-order chi connectivity index (χ0) is 32.3. The molecule has 0 aromatic heterocycles. The van der Waals surface area contributed by atoms with Gasteiger partial charge in [0.05, 0.1) is 19.8 Å². The van der Waals surface area contributed by atoms with Crippen LogP contribution in [0.5, 0.6) is 11.5 Å². The van der Waals surface area contributed by atoms with Gasteiger partial charge in [-0.05, 0) is 25.9 Å².